The highest BCUT2D eigenvalue weighted by Crippen LogP contribution is 2.31. The number of rotatable bonds is 7. The van der Waals surface area contributed by atoms with Gasteiger partial charge in [-0.05, 0) is 99.0 Å². The van der Waals surface area contributed by atoms with E-state index in [1.54, 1.807) is 6.08 Å². The molecule has 0 spiro atoms. The van der Waals surface area contributed by atoms with Gasteiger partial charge in [-0.1, -0.05) is 30.3 Å². The quantitative estimate of drug-likeness (QED) is 0.179. The van der Waals surface area contributed by atoms with E-state index in [-0.39, 0.29) is 11.6 Å². The molecule has 0 atom stereocenters. The fourth-order valence-electron chi connectivity index (χ4n) is 3.06. The van der Waals surface area contributed by atoms with E-state index >= 15 is 0 Å². The monoisotopic (exact) mass is 603 g/mol. The van der Waals surface area contributed by atoms with E-state index in [0.29, 0.717) is 24.7 Å². The molecule has 3 aromatic carbocycles. The summed E-state index contributed by atoms with van der Waals surface area (Å²) in [7, 11) is 0. The Balaban J connectivity index is 1.56. The first-order valence-electron chi connectivity index (χ1n) is 9.95. The lowest BCUT2D eigenvalue weighted by atomic mass is 10.1. The molecule has 0 saturated carbocycles. The van der Waals surface area contributed by atoms with Crippen LogP contribution in [-0.4, -0.2) is 18.5 Å². The lowest BCUT2D eigenvalue weighted by Crippen LogP contribution is -2.05. The molecule has 3 aromatic rings. The summed E-state index contributed by atoms with van der Waals surface area (Å²) in [6.07, 6.45) is 1.68. The van der Waals surface area contributed by atoms with Crippen LogP contribution in [0.5, 0.6) is 11.5 Å². The molecule has 1 heterocycles. The highest BCUT2D eigenvalue weighted by Gasteiger charge is 2.25. The van der Waals surface area contributed by atoms with Crippen LogP contribution in [0.25, 0.3) is 6.08 Å². The molecule has 1 aliphatic rings. The molecule has 32 heavy (non-hydrogen) atoms. The van der Waals surface area contributed by atoms with Crippen LogP contribution in [0.1, 0.15) is 23.6 Å². The maximum absolute atomic E-state index is 12.4. The minimum absolute atomic E-state index is 0.228. The van der Waals surface area contributed by atoms with Gasteiger partial charge in [-0.3, -0.25) is 0 Å². The van der Waals surface area contributed by atoms with Gasteiger partial charge in [-0.25, -0.2) is 9.79 Å². The SMILES string of the molecule is CCOc1cc(/C=C2\N=C(c3ccccc3Br)OC2=O)ccc1OCc1ccc(I)cc1. The third-order valence-corrected chi connectivity index (χ3v) is 6.01. The molecule has 162 valence electrons. The van der Waals surface area contributed by atoms with Crippen molar-refractivity contribution in [3.05, 3.63) is 97.2 Å². The number of esters is 1. The number of cyclic esters (lactones) is 1. The molecule has 0 amide bonds. The molecule has 0 radical (unpaired) electrons. The van der Waals surface area contributed by atoms with Gasteiger partial charge in [0.2, 0.25) is 5.90 Å². The molecule has 0 unspecified atom stereocenters. The number of hydrogen-bond donors (Lipinski definition) is 0. The van der Waals surface area contributed by atoms with Gasteiger partial charge in [0.25, 0.3) is 0 Å². The van der Waals surface area contributed by atoms with E-state index in [1.165, 1.54) is 3.57 Å². The Labute approximate surface area is 208 Å². The summed E-state index contributed by atoms with van der Waals surface area (Å²) < 4.78 is 19.1. The predicted octanol–water partition coefficient (Wildman–Crippen LogP) is 6.38. The molecule has 0 bridgehead atoms. The van der Waals surface area contributed by atoms with Gasteiger partial charge >= 0.3 is 5.97 Å². The number of hydrogen-bond acceptors (Lipinski definition) is 5. The van der Waals surface area contributed by atoms with E-state index in [9.17, 15) is 4.79 Å². The van der Waals surface area contributed by atoms with Crippen LogP contribution in [0.3, 0.4) is 0 Å². The van der Waals surface area contributed by atoms with Crippen LogP contribution in [-0.2, 0) is 16.1 Å². The molecular weight excluding hydrogens is 585 g/mol. The first-order valence-corrected chi connectivity index (χ1v) is 11.8. The van der Waals surface area contributed by atoms with E-state index in [2.05, 4.69) is 43.5 Å². The summed E-state index contributed by atoms with van der Waals surface area (Å²) in [6.45, 7) is 2.84. The molecule has 0 fully saturated rings. The van der Waals surface area contributed by atoms with E-state index in [4.69, 9.17) is 14.2 Å². The highest BCUT2D eigenvalue weighted by molar-refractivity contribution is 14.1. The van der Waals surface area contributed by atoms with Crippen molar-refractivity contribution in [3.63, 3.8) is 0 Å². The maximum atomic E-state index is 12.4. The summed E-state index contributed by atoms with van der Waals surface area (Å²) in [6, 6.07) is 21.1. The summed E-state index contributed by atoms with van der Waals surface area (Å²) in [5, 5.41) is 0. The number of carbonyl (C=O) groups excluding carboxylic acids is 1. The fourth-order valence-corrected chi connectivity index (χ4v) is 3.87. The van der Waals surface area contributed by atoms with Gasteiger partial charge < -0.3 is 14.2 Å². The number of benzene rings is 3. The van der Waals surface area contributed by atoms with Crippen LogP contribution >= 0.6 is 38.5 Å². The predicted molar refractivity (Wildman–Crippen MR) is 136 cm³/mol. The Kier molecular flexibility index (Phi) is 7.26. The molecule has 1 aliphatic heterocycles. The Morgan fingerprint density at radius 2 is 1.81 bits per heavy atom. The Hall–Kier alpha value is -2.65. The highest BCUT2D eigenvalue weighted by atomic mass is 127. The second kappa shape index (κ2) is 10.3. The minimum Gasteiger partial charge on any atom is -0.490 e. The topological polar surface area (TPSA) is 57.1 Å². The third-order valence-electron chi connectivity index (χ3n) is 4.60. The first-order chi connectivity index (χ1) is 15.5. The van der Waals surface area contributed by atoms with Crippen molar-refractivity contribution in [2.75, 3.05) is 6.61 Å². The van der Waals surface area contributed by atoms with E-state index in [1.807, 2.05) is 73.7 Å². The zero-order valence-corrected chi connectivity index (χ0v) is 20.9. The molecule has 7 heteroatoms. The maximum Gasteiger partial charge on any atom is 0.363 e. The average Bonchev–Trinajstić information content (AvgIpc) is 3.15. The Bertz CT molecular complexity index is 1200. The van der Waals surface area contributed by atoms with Crippen LogP contribution in [0.15, 0.2) is 81.9 Å². The standard InChI is InChI=1S/C25H19BrINO4/c1-2-30-23-14-17(9-12-22(23)31-15-16-7-10-18(27)11-8-16)13-21-25(29)32-24(28-21)19-5-3-4-6-20(19)26/h3-14H,2,15H2,1H3/b21-13-. The zero-order chi connectivity index (χ0) is 22.5. The smallest absolute Gasteiger partial charge is 0.363 e. The second-order valence-corrected chi connectivity index (χ2v) is 8.97. The van der Waals surface area contributed by atoms with Crippen molar-refractivity contribution >= 4 is 56.5 Å². The summed E-state index contributed by atoms with van der Waals surface area (Å²) >= 11 is 5.73. The van der Waals surface area contributed by atoms with Crippen molar-refractivity contribution in [1.29, 1.82) is 0 Å². The van der Waals surface area contributed by atoms with Gasteiger partial charge in [0.15, 0.2) is 17.2 Å². The van der Waals surface area contributed by atoms with Crippen LogP contribution in [0.4, 0.5) is 0 Å². The second-order valence-electron chi connectivity index (χ2n) is 6.87. The molecule has 4 rings (SSSR count). The van der Waals surface area contributed by atoms with Gasteiger partial charge in [0, 0.05) is 8.04 Å². The van der Waals surface area contributed by atoms with Crippen molar-refractivity contribution in [2.45, 2.75) is 13.5 Å². The normalized spacial score (nSPS) is 14.3. The van der Waals surface area contributed by atoms with Crippen molar-refractivity contribution in [3.8, 4) is 11.5 Å². The van der Waals surface area contributed by atoms with E-state index in [0.717, 1.165) is 21.2 Å². The lowest BCUT2D eigenvalue weighted by molar-refractivity contribution is -0.129. The minimum atomic E-state index is -0.493. The van der Waals surface area contributed by atoms with Crippen molar-refractivity contribution in [1.82, 2.24) is 0 Å². The summed E-state index contributed by atoms with van der Waals surface area (Å²) in [5.41, 5.74) is 2.78. The van der Waals surface area contributed by atoms with Crippen LogP contribution in [0.2, 0.25) is 0 Å². The number of aliphatic imine (C=N–C) groups is 1. The fraction of sp³-hybridized carbons (Fsp3) is 0.120. The average molecular weight is 604 g/mol. The summed E-state index contributed by atoms with van der Waals surface area (Å²) in [4.78, 5) is 16.7. The van der Waals surface area contributed by atoms with E-state index < -0.39 is 5.97 Å². The number of ether oxygens (including phenoxy) is 3. The molecule has 0 N–H and O–H groups in total. The largest absolute Gasteiger partial charge is 0.490 e. The molecule has 0 saturated heterocycles. The molecule has 0 aromatic heterocycles. The molecule has 0 aliphatic carbocycles. The van der Waals surface area contributed by atoms with Crippen molar-refractivity contribution < 1.29 is 19.0 Å². The Morgan fingerprint density at radius 3 is 2.56 bits per heavy atom. The number of nitrogens with zero attached hydrogens (tertiary/aromatic N) is 1. The zero-order valence-electron chi connectivity index (χ0n) is 17.2. The Morgan fingerprint density at radius 1 is 1.03 bits per heavy atom. The van der Waals surface area contributed by atoms with Gasteiger partial charge in [0.05, 0.1) is 12.2 Å². The third kappa shape index (κ3) is 5.39. The van der Waals surface area contributed by atoms with Gasteiger partial charge in [-0.15, -0.1) is 0 Å². The summed E-state index contributed by atoms with van der Waals surface area (Å²) in [5.74, 6) is 1.02. The first kappa shape index (κ1) is 22.5. The van der Waals surface area contributed by atoms with Crippen LogP contribution in [0, 0.1) is 3.57 Å². The lowest BCUT2D eigenvalue weighted by Gasteiger charge is -2.13. The van der Waals surface area contributed by atoms with Gasteiger partial charge in [-0.2, -0.15) is 0 Å². The number of carbonyl (C=O) groups is 1. The van der Waals surface area contributed by atoms with Gasteiger partial charge in [0.1, 0.15) is 6.61 Å². The number of halogens is 2. The molecular formula is C25H19BrINO4. The van der Waals surface area contributed by atoms with Crippen molar-refractivity contribution in [2.24, 2.45) is 4.99 Å². The molecule has 5 nitrogen and oxygen atoms in total. The van der Waals surface area contributed by atoms with Crippen LogP contribution < -0.4 is 9.47 Å².